The Hall–Kier alpha value is -1.08. The van der Waals surface area contributed by atoms with E-state index in [0.29, 0.717) is 6.04 Å². The summed E-state index contributed by atoms with van der Waals surface area (Å²) in [4.78, 5) is 2.64. The van der Waals surface area contributed by atoms with Crippen LogP contribution < -0.4 is 0 Å². The Balaban J connectivity index is 1.73. The monoisotopic (exact) mass is 251 g/mol. The van der Waals surface area contributed by atoms with Gasteiger partial charge in [-0.15, -0.1) is 0 Å². The van der Waals surface area contributed by atoms with E-state index >= 15 is 0 Å². The second-order valence-electron chi connectivity index (χ2n) is 7.06. The molecular formula is C18H21N. The van der Waals surface area contributed by atoms with E-state index in [9.17, 15) is 0 Å². The van der Waals surface area contributed by atoms with Crippen molar-refractivity contribution in [2.24, 2.45) is 23.7 Å². The number of rotatable bonds is 0. The molecule has 98 valence electrons. The molecule has 1 saturated heterocycles. The van der Waals surface area contributed by atoms with Crippen molar-refractivity contribution < 1.29 is 0 Å². The van der Waals surface area contributed by atoms with Crippen LogP contribution in [0.15, 0.2) is 36.4 Å². The predicted octanol–water partition coefficient (Wildman–Crippen LogP) is 3.60. The van der Waals surface area contributed by atoms with Crippen molar-refractivity contribution in [1.29, 1.82) is 0 Å². The van der Waals surface area contributed by atoms with Crippen LogP contribution in [0.4, 0.5) is 0 Å². The first-order valence-corrected chi connectivity index (χ1v) is 7.82. The molecule has 2 aliphatic heterocycles. The molecule has 4 bridgehead atoms. The third kappa shape index (κ3) is 1.20. The summed E-state index contributed by atoms with van der Waals surface area (Å²) in [6.45, 7) is 1.28. The lowest BCUT2D eigenvalue weighted by Crippen LogP contribution is -2.56. The molecule has 0 amide bonds. The van der Waals surface area contributed by atoms with Crippen LogP contribution >= 0.6 is 0 Å². The van der Waals surface area contributed by atoms with Crippen LogP contribution in [-0.4, -0.2) is 18.5 Å². The second-order valence-corrected chi connectivity index (χ2v) is 7.06. The molecular weight excluding hydrogens is 230 g/mol. The molecule has 0 radical (unpaired) electrons. The van der Waals surface area contributed by atoms with Gasteiger partial charge in [-0.05, 0) is 54.7 Å². The van der Waals surface area contributed by atoms with Gasteiger partial charge >= 0.3 is 0 Å². The number of benzene rings is 1. The average molecular weight is 251 g/mol. The molecule has 4 aliphatic carbocycles. The lowest BCUT2D eigenvalue weighted by Gasteiger charge is -2.61. The predicted molar refractivity (Wildman–Crippen MR) is 76.9 cm³/mol. The number of nitrogens with zero attached hydrogens (tertiary/aromatic N) is 1. The van der Waals surface area contributed by atoms with Crippen LogP contribution in [-0.2, 0) is 0 Å². The first-order valence-electron chi connectivity index (χ1n) is 7.82. The van der Waals surface area contributed by atoms with Gasteiger partial charge in [-0.2, -0.15) is 0 Å². The largest absolute Gasteiger partial charge is 0.298 e. The highest BCUT2D eigenvalue weighted by Crippen LogP contribution is 2.62. The van der Waals surface area contributed by atoms with Gasteiger partial charge in [0.2, 0.25) is 0 Å². The Morgan fingerprint density at radius 3 is 2.37 bits per heavy atom. The van der Waals surface area contributed by atoms with Crippen LogP contribution in [0, 0.1) is 23.7 Å². The third-order valence-electron chi connectivity index (χ3n) is 6.37. The Morgan fingerprint density at radius 2 is 1.63 bits per heavy atom. The minimum absolute atomic E-state index is 0.684. The highest BCUT2D eigenvalue weighted by atomic mass is 15.2. The minimum atomic E-state index is 0.684. The molecule has 1 nitrogen and oxygen atoms in total. The zero-order valence-electron chi connectivity index (χ0n) is 11.5. The molecule has 1 aromatic carbocycles. The van der Waals surface area contributed by atoms with Gasteiger partial charge in [0.25, 0.3) is 0 Å². The van der Waals surface area contributed by atoms with Gasteiger partial charge in [0.15, 0.2) is 0 Å². The second kappa shape index (κ2) is 3.52. The van der Waals surface area contributed by atoms with Crippen molar-refractivity contribution in [2.75, 3.05) is 13.6 Å². The maximum Gasteiger partial charge on any atom is 0.0385 e. The maximum absolute atomic E-state index is 2.64. The van der Waals surface area contributed by atoms with Crippen LogP contribution in [0.3, 0.4) is 0 Å². The first-order chi connectivity index (χ1) is 9.34. The lowest BCUT2D eigenvalue weighted by atomic mass is 9.50. The molecule has 6 aliphatic rings. The van der Waals surface area contributed by atoms with E-state index in [1.165, 1.54) is 19.4 Å². The molecule has 1 aromatic rings. The van der Waals surface area contributed by atoms with Crippen molar-refractivity contribution in [3.8, 4) is 0 Å². The van der Waals surface area contributed by atoms with Crippen molar-refractivity contribution in [3.63, 3.8) is 0 Å². The van der Waals surface area contributed by atoms with Gasteiger partial charge in [0.05, 0.1) is 0 Å². The number of hydrogen-bond donors (Lipinski definition) is 0. The number of hydrogen-bond acceptors (Lipinski definition) is 1. The molecule has 1 heteroatoms. The molecule has 0 aromatic heterocycles. The van der Waals surface area contributed by atoms with E-state index < -0.39 is 0 Å². The van der Waals surface area contributed by atoms with Crippen molar-refractivity contribution in [1.82, 2.24) is 4.90 Å². The van der Waals surface area contributed by atoms with E-state index in [2.05, 4.69) is 48.4 Å². The molecule has 0 unspecified atom stereocenters. The Kier molecular flexibility index (Phi) is 1.98. The number of piperidine rings is 1. The summed E-state index contributed by atoms with van der Waals surface area (Å²) in [5.41, 5.74) is 3.32. The number of fused-ring (bicyclic) bond motifs is 2. The summed E-state index contributed by atoms with van der Waals surface area (Å²) >= 11 is 0. The normalized spacial score (nSPS) is 46.2. The summed E-state index contributed by atoms with van der Waals surface area (Å²) < 4.78 is 0. The zero-order chi connectivity index (χ0) is 12.6. The fourth-order valence-electron chi connectivity index (χ4n) is 5.79. The minimum Gasteiger partial charge on any atom is -0.298 e. The topological polar surface area (TPSA) is 3.24 Å². The van der Waals surface area contributed by atoms with Crippen molar-refractivity contribution in [3.05, 3.63) is 47.5 Å². The summed E-state index contributed by atoms with van der Waals surface area (Å²) in [5.74, 6) is 4.32. The highest BCUT2D eigenvalue weighted by molar-refractivity contribution is 5.42. The van der Waals surface area contributed by atoms with E-state index in [1.54, 1.807) is 11.1 Å². The molecule has 0 N–H and O–H groups in total. The first kappa shape index (κ1) is 10.7. The summed E-state index contributed by atoms with van der Waals surface area (Å²) in [7, 11) is 2.34. The smallest absolute Gasteiger partial charge is 0.0385 e. The Morgan fingerprint density at radius 1 is 0.947 bits per heavy atom. The van der Waals surface area contributed by atoms with Gasteiger partial charge < -0.3 is 0 Å². The van der Waals surface area contributed by atoms with Gasteiger partial charge in [0, 0.05) is 18.5 Å². The van der Waals surface area contributed by atoms with Crippen LogP contribution in [0.5, 0.6) is 0 Å². The van der Waals surface area contributed by atoms with Crippen molar-refractivity contribution in [2.45, 2.75) is 24.8 Å². The highest BCUT2D eigenvalue weighted by Gasteiger charge is 2.56. The maximum atomic E-state index is 2.64. The van der Waals surface area contributed by atoms with Crippen molar-refractivity contribution >= 4 is 0 Å². The van der Waals surface area contributed by atoms with Gasteiger partial charge in [-0.3, -0.25) is 4.90 Å². The molecule has 19 heavy (non-hydrogen) atoms. The number of likely N-dealkylation sites (N-methyl/N-ethyl adjacent to an activating group) is 1. The van der Waals surface area contributed by atoms with E-state index in [0.717, 1.165) is 29.6 Å². The SMILES string of the molecule is CN1C[C@@H]2c3ccccc3[C@H]1[C@@H]1[C@H]2[C@@H]2C=C[C@H]1CC2. The quantitative estimate of drug-likeness (QED) is 0.637. The Bertz CT molecular complexity index is 561. The molecule has 6 atom stereocenters. The van der Waals surface area contributed by atoms with Crippen LogP contribution in [0.25, 0.3) is 0 Å². The third-order valence-corrected chi connectivity index (χ3v) is 6.37. The number of allylic oxidation sites excluding steroid dienone is 2. The summed E-state index contributed by atoms with van der Waals surface area (Å²) in [6.07, 6.45) is 7.98. The van der Waals surface area contributed by atoms with Crippen LogP contribution in [0.2, 0.25) is 0 Å². The van der Waals surface area contributed by atoms with E-state index in [-0.39, 0.29) is 0 Å². The fourth-order valence-corrected chi connectivity index (χ4v) is 5.79. The summed E-state index contributed by atoms with van der Waals surface area (Å²) in [6, 6.07) is 9.96. The average Bonchev–Trinajstić information content (AvgIpc) is 2.48. The fraction of sp³-hybridized carbons (Fsp3) is 0.556. The van der Waals surface area contributed by atoms with Gasteiger partial charge in [0.1, 0.15) is 0 Å². The van der Waals surface area contributed by atoms with E-state index in [4.69, 9.17) is 0 Å². The summed E-state index contributed by atoms with van der Waals surface area (Å²) in [5, 5.41) is 0. The molecule has 7 rings (SSSR count). The molecule has 2 heterocycles. The van der Waals surface area contributed by atoms with Crippen LogP contribution in [0.1, 0.15) is 35.9 Å². The van der Waals surface area contributed by atoms with E-state index in [1.807, 2.05) is 0 Å². The molecule has 1 saturated carbocycles. The zero-order valence-corrected chi connectivity index (χ0v) is 11.5. The lowest BCUT2D eigenvalue weighted by molar-refractivity contribution is -0.0442. The Labute approximate surface area is 115 Å². The van der Waals surface area contributed by atoms with Gasteiger partial charge in [-0.1, -0.05) is 36.4 Å². The standard InChI is InChI=1S/C18H21N/c1-19-10-15-13-4-2-3-5-14(13)18(19)17-12-8-6-11(7-9-12)16(15)17/h2-6,8,11-12,15-18H,7,9-10H2,1H3/t11-,12+,15-,16+,17+,18+/m1/s1. The van der Waals surface area contributed by atoms with Gasteiger partial charge in [-0.25, -0.2) is 0 Å². The molecule has 0 spiro atoms. The molecule has 2 fully saturated rings.